The van der Waals surface area contributed by atoms with Crippen molar-refractivity contribution in [1.82, 2.24) is 5.06 Å². The van der Waals surface area contributed by atoms with Crippen LogP contribution in [-0.4, -0.2) is 31.7 Å². The zero-order chi connectivity index (χ0) is 12.1. The van der Waals surface area contributed by atoms with Gasteiger partial charge in [-0.15, -0.1) is 0 Å². The molecule has 0 unspecified atom stereocenters. The van der Waals surface area contributed by atoms with E-state index in [1.54, 1.807) is 6.92 Å². The van der Waals surface area contributed by atoms with Crippen LogP contribution >= 0.6 is 0 Å². The molecule has 0 spiro atoms. The Kier molecular flexibility index (Phi) is 4.25. The number of amides is 1. The Morgan fingerprint density at radius 3 is 2.75 bits per heavy atom. The first-order valence-electron chi connectivity index (χ1n) is 4.84. The Morgan fingerprint density at radius 1 is 1.50 bits per heavy atom. The molecule has 16 heavy (non-hydrogen) atoms. The summed E-state index contributed by atoms with van der Waals surface area (Å²) < 4.78 is 18.3. The third kappa shape index (κ3) is 2.70. The molecule has 0 bridgehead atoms. The van der Waals surface area contributed by atoms with E-state index in [4.69, 9.17) is 9.57 Å². The smallest absolute Gasteiger partial charge is 0.281 e. The Morgan fingerprint density at radius 2 is 2.19 bits per heavy atom. The van der Waals surface area contributed by atoms with E-state index in [1.807, 2.05) is 0 Å². The molecule has 0 saturated heterocycles. The largest absolute Gasteiger partial charge is 0.493 e. The van der Waals surface area contributed by atoms with Crippen LogP contribution in [0.2, 0.25) is 0 Å². The number of carbonyl (C=O) groups is 1. The second kappa shape index (κ2) is 5.46. The van der Waals surface area contributed by atoms with Gasteiger partial charge in [0.15, 0.2) is 0 Å². The number of hydrogen-bond acceptors (Lipinski definition) is 3. The molecule has 1 aromatic carbocycles. The maximum absolute atomic E-state index is 13.0. The van der Waals surface area contributed by atoms with E-state index < -0.39 is 11.7 Å². The Balaban J connectivity index is 3.08. The number of halogens is 1. The summed E-state index contributed by atoms with van der Waals surface area (Å²) in [6.45, 7) is 2.19. The third-order valence-corrected chi connectivity index (χ3v) is 2.03. The van der Waals surface area contributed by atoms with Crippen molar-refractivity contribution >= 4 is 5.91 Å². The molecule has 0 aliphatic heterocycles. The topological polar surface area (TPSA) is 38.8 Å². The summed E-state index contributed by atoms with van der Waals surface area (Å²) in [5, 5.41) is 1.01. The maximum atomic E-state index is 13.0. The van der Waals surface area contributed by atoms with Crippen molar-refractivity contribution in [2.24, 2.45) is 0 Å². The van der Waals surface area contributed by atoms with Crippen LogP contribution in [0.4, 0.5) is 4.39 Å². The van der Waals surface area contributed by atoms with Crippen molar-refractivity contribution in [3.8, 4) is 5.75 Å². The number of carbonyl (C=O) groups excluding carboxylic acids is 1. The number of rotatable bonds is 4. The lowest BCUT2D eigenvalue weighted by Crippen LogP contribution is -2.26. The molecule has 0 atom stereocenters. The summed E-state index contributed by atoms with van der Waals surface area (Å²) in [6.07, 6.45) is 0. The van der Waals surface area contributed by atoms with E-state index in [-0.39, 0.29) is 5.56 Å². The number of nitrogens with zero attached hydrogens (tertiary/aromatic N) is 1. The third-order valence-electron chi connectivity index (χ3n) is 2.03. The number of hydroxylamine groups is 2. The quantitative estimate of drug-likeness (QED) is 0.737. The fraction of sp³-hybridized carbons (Fsp3) is 0.364. The van der Waals surface area contributed by atoms with Crippen molar-refractivity contribution in [3.05, 3.63) is 29.6 Å². The van der Waals surface area contributed by atoms with Gasteiger partial charge in [0.05, 0.1) is 19.3 Å². The van der Waals surface area contributed by atoms with Gasteiger partial charge in [-0.2, -0.15) is 0 Å². The molecule has 0 fully saturated rings. The highest BCUT2D eigenvalue weighted by atomic mass is 19.1. The van der Waals surface area contributed by atoms with E-state index in [9.17, 15) is 9.18 Å². The fourth-order valence-corrected chi connectivity index (χ4v) is 1.20. The molecular weight excluding hydrogens is 213 g/mol. The van der Waals surface area contributed by atoms with Gasteiger partial charge in [0.1, 0.15) is 11.6 Å². The molecule has 0 aromatic heterocycles. The van der Waals surface area contributed by atoms with Crippen LogP contribution in [0.1, 0.15) is 17.3 Å². The van der Waals surface area contributed by atoms with Crippen LogP contribution in [0.25, 0.3) is 0 Å². The number of benzene rings is 1. The monoisotopic (exact) mass is 227 g/mol. The molecule has 1 aromatic rings. The van der Waals surface area contributed by atoms with Crippen molar-refractivity contribution in [2.75, 3.05) is 20.8 Å². The first-order valence-corrected chi connectivity index (χ1v) is 4.84. The van der Waals surface area contributed by atoms with Crippen molar-refractivity contribution in [1.29, 1.82) is 0 Å². The van der Waals surface area contributed by atoms with Gasteiger partial charge in [0.2, 0.25) is 0 Å². The molecule has 1 amide bonds. The summed E-state index contributed by atoms with van der Waals surface area (Å²) >= 11 is 0. The summed E-state index contributed by atoms with van der Waals surface area (Å²) in [5.41, 5.74) is 0.145. The summed E-state index contributed by atoms with van der Waals surface area (Å²) in [6, 6.07) is 3.80. The SMILES string of the molecule is CCOc1ccc(F)cc1C(=O)N(C)OC. The predicted molar refractivity (Wildman–Crippen MR) is 56.7 cm³/mol. The Hall–Kier alpha value is -1.62. The zero-order valence-electron chi connectivity index (χ0n) is 9.49. The molecule has 0 heterocycles. The number of hydrogen-bond donors (Lipinski definition) is 0. The van der Waals surface area contributed by atoms with Gasteiger partial charge in [0.25, 0.3) is 5.91 Å². The van der Waals surface area contributed by atoms with Gasteiger partial charge in [-0.3, -0.25) is 9.63 Å². The van der Waals surface area contributed by atoms with Crippen LogP contribution in [0.5, 0.6) is 5.75 Å². The Labute approximate surface area is 93.5 Å². The van der Waals surface area contributed by atoms with E-state index >= 15 is 0 Å². The highest BCUT2D eigenvalue weighted by molar-refractivity contribution is 5.96. The lowest BCUT2D eigenvalue weighted by Gasteiger charge is -2.16. The van der Waals surface area contributed by atoms with Crippen molar-refractivity contribution in [3.63, 3.8) is 0 Å². The molecule has 0 saturated carbocycles. The van der Waals surface area contributed by atoms with E-state index in [0.717, 1.165) is 11.1 Å². The minimum Gasteiger partial charge on any atom is -0.493 e. The summed E-state index contributed by atoms with van der Waals surface area (Å²) in [4.78, 5) is 16.5. The lowest BCUT2D eigenvalue weighted by atomic mass is 10.2. The zero-order valence-corrected chi connectivity index (χ0v) is 9.49. The second-order valence-corrected chi connectivity index (χ2v) is 3.06. The van der Waals surface area contributed by atoms with Crippen LogP contribution in [0.15, 0.2) is 18.2 Å². The highest BCUT2D eigenvalue weighted by Gasteiger charge is 2.17. The molecule has 4 nitrogen and oxygen atoms in total. The van der Waals surface area contributed by atoms with Gasteiger partial charge in [-0.1, -0.05) is 0 Å². The van der Waals surface area contributed by atoms with Gasteiger partial charge in [-0.05, 0) is 25.1 Å². The molecule has 0 radical (unpaired) electrons. The van der Waals surface area contributed by atoms with E-state index in [2.05, 4.69) is 0 Å². The first-order chi connectivity index (χ1) is 7.60. The van der Waals surface area contributed by atoms with E-state index in [0.29, 0.717) is 12.4 Å². The predicted octanol–water partition coefficient (Wildman–Crippen LogP) is 1.86. The van der Waals surface area contributed by atoms with Gasteiger partial charge in [-0.25, -0.2) is 9.45 Å². The molecule has 0 aliphatic carbocycles. The van der Waals surface area contributed by atoms with Crippen molar-refractivity contribution in [2.45, 2.75) is 6.92 Å². The average molecular weight is 227 g/mol. The maximum Gasteiger partial charge on any atom is 0.281 e. The van der Waals surface area contributed by atoms with E-state index in [1.165, 1.54) is 26.3 Å². The Bertz CT molecular complexity index is 381. The van der Waals surface area contributed by atoms with Gasteiger partial charge >= 0.3 is 0 Å². The van der Waals surface area contributed by atoms with Crippen LogP contribution < -0.4 is 4.74 Å². The lowest BCUT2D eigenvalue weighted by molar-refractivity contribution is -0.0758. The van der Waals surface area contributed by atoms with Crippen LogP contribution in [-0.2, 0) is 4.84 Å². The summed E-state index contributed by atoms with van der Waals surface area (Å²) in [5.74, 6) is -0.598. The summed E-state index contributed by atoms with van der Waals surface area (Å²) in [7, 11) is 2.81. The van der Waals surface area contributed by atoms with Crippen LogP contribution in [0, 0.1) is 5.82 Å². The van der Waals surface area contributed by atoms with Gasteiger partial charge < -0.3 is 4.74 Å². The first kappa shape index (κ1) is 12.4. The minimum absolute atomic E-state index is 0.145. The fourth-order valence-electron chi connectivity index (χ4n) is 1.20. The number of ether oxygens (including phenoxy) is 1. The molecule has 0 aliphatic rings. The average Bonchev–Trinajstić information content (AvgIpc) is 2.29. The molecule has 5 heteroatoms. The highest BCUT2D eigenvalue weighted by Crippen LogP contribution is 2.21. The van der Waals surface area contributed by atoms with Crippen LogP contribution in [0.3, 0.4) is 0 Å². The molecule has 1 rings (SSSR count). The van der Waals surface area contributed by atoms with Crippen molar-refractivity contribution < 1.29 is 18.8 Å². The van der Waals surface area contributed by atoms with Gasteiger partial charge in [0, 0.05) is 7.05 Å². The normalized spacial score (nSPS) is 10.0. The second-order valence-electron chi connectivity index (χ2n) is 3.06. The molecular formula is C11H14FNO3. The molecule has 0 N–H and O–H groups in total. The molecule has 88 valence electrons. The minimum atomic E-state index is -0.490. The standard InChI is InChI=1S/C11H14FNO3/c1-4-16-10-6-5-8(12)7-9(10)11(14)13(2)15-3/h5-7H,4H2,1-3H3.